The fourth-order valence-corrected chi connectivity index (χ4v) is 1.78. The van der Waals surface area contributed by atoms with Crippen LogP contribution >= 0.6 is 0 Å². The third kappa shape index (κ3) is 3.67. The smallest absolute Gasteiger partial charge is 0.329 e. The van der Waals surface area contributed by atoms with Gasteiger partial charge in [-0.05, 0) is 0 Å². The Morgan fingerprint density at radius 1 is 1.33 bits per heavy atom. The maximum Gasteiger partial charge on any atom is 0.329 e. The summed E-state index contributed by atoms with van der Waals surface area (Å²) in [6, 6.07) is 10.4. The van der Waals surface area contributed by atoms with Crippen molar-refractivity contribution in [2.45, 2.75) is 6.92 Å². The van der Waals surface area contributed by atoms with Gasteiger partial charge >= 0.3 is 6.03 Å². The Morgan fingerprint density at radius 3 is 2.67 bits per heavy atom. The van der Waals surface area contributed by atoms with E-state index in [4.69, 9.17) is 10.3 Å². The molecule has 0 fully saturated rings. The van der Waals surface area contributed by atoms with Crippen molar-refractivity contribution in [3.63, 3.8) is 0 Å². The molecule has 0 aliphatic carbocycles. The number of benzene rings is 1. The molecule has 1 aromatic heterocycles. The molecule has 3 N–H and O–H groups in total. The summed E-state index contributed by atoms with van der Waals surface area (Å²) < 4.78 is 5.16. The van der Waals surface area contributed by atoms with Crippen LogP contribution in [0.5, 0.6) is 0 Å². The molecule has 0 saturated heterocycles. The van der Waals surface area contributed by atoms with Crippen molar-refractivity contribution < 1.29 is 14.1 Å². The van der Waals surface area contributed by atoms with Crippen LogP contribution in [-0.4, -0.2) is 35.1 Å². The number of rotatable bonds is 4. The molecule has 0 saturated carbocycles. The van der Waals surface area contributed by atoms with Gasteiger partial charge in [-0.15, -0.1) is 0 Å². The molecule has 110 valence electrons. The molecule has 21 heavy (non-hydrogen) atoms. The van der Waals surface area contributed by atoms with Gasteiger partial charge in [-0.25, -0.2) is 4.79 Å². The molecular weight excluding hydrogens is 272 g/mol. The van der Waals surface area contributed by atoms with E-state index < -0.39 is 6.03 Å². The van der Waals surface area contributed by atoms with Crippen LogP contribution in [0.1, 0.15) is 6.92 Å². The number of nitrogens with one attached hydrogen (secondary N) is 1. The first kappa shape index (κ1) is 14.7. The third-order valence-electron chi connectivity index (χ3n) is 2.78. The molecule has 0 aliphatic heterocycles. The highest BCUT2D eigenvalue weighted by Crippen LogP contribution is 2.22. The maximum absolute atomic E-state index is 11.9. The molecule has 0 aliphatic rings. The lowest BCUT2D eigenvalue weighted by Crippen LogP contribution is -2.41. The number of amides is 3. The van der Waals surface area contributed by atoms with Crippen LogP contribution < -0.4 is 11.1 Å². The molecule has 0 unspecified atom stereocenters. The average molecular weight is 288 g/mol. The minimum absolute atomic E-state index is 0.143. The largest absolute Gasteiger partial charge is 0.354 e. The Labute approximate surface area is 121 Å². The minimum atomic E-state index is -0.583. The van der Waals surface area contributed by atoms with E-state index in [1.54, 1.807) is 6.07 Å². The van der Waals surface area contributed by atoms with Crippen LogP contribution in [0.2, 0.25) is 0 Å². The van der Waals surface area contributed by atoms with Crippen molar-refractivity contribution >= 4 is 17.8 Å². The zero-order chi connectivity index (χ0) is 15.2. The summed E-state index contributed by atoms with van der Waals surface area (Å²) in [4.78, 5) is 24.3. The Hall–Kier alpha value is -2.67. The van der Waals surface area contributed by atoms with Gasteiger partial charge in [0.15, 0.2) is 11.6 Å². The predicted molar refractivity (Wildman–Crippen MR) is 77.4 cm³/mol. The van der Waals surface area contributed by atoms with Crippen LogP contribution in [0.15, 0.2) is 40.9 Å². The van der Waals surface area contributed by atoms with E-state index in [1.165, 1.54) is 6.92 Å². The van der Waals surface area contributed by atoms with E-state index in [9.17, 15) is 9.59 Å². The number of imide groups is 1. The highest BCUT2D eigenvalue weighted by molar-refractivity contribution is 6.00. The van der Waals surface area contributed by atoms with Gasteiger partial charge in [0.1, 0.15) is 0 Å². The molecular formula is C14H16N4O3. The maximum atomic E-state index is 11.9. The Morgan fingerprint density at radius 2 is 2.05 bits per heavy atom. The highest BCUT2D eigenvalue weighted by Gasteiger charge is 2.18. The summed E-state index contributed by atoms with van der Waals surface area (Å²) in [6.07, 6.45) is 0. The average Bonchev–Trinajstić information content (AvgIpc) is 2.93. The van der Waals surface area contributed by atoms with Crippen LogP contribution in [0, 0.1) is 0 Å². The van der Waals surface area contributed by atoms with Gasteiger partial charge in [0, 0.05) is 31.6 Å². The highest BCUT2D eigenvalue weighted by atomic mass is 16.5. The third-order valence-corrected chi connectivity index (χ3v) is 2.78. The standard InChI is InChI=1S/C14H16N4O3/c1-10(19)18(8-7-15)14(20)16-13-9-12(21-17-13)11-5-3-2-4-6-11/h2-6,9H,7-8,15H2,1H3,(H,16,17,20). The summed E-state index contributed by atoms with van der Waals surface area (Å²) in [5, 5.41) is 6.26. The second-order valence-electron chi connectivity index (χ2n) is 4.33. The number of nitrogens with two attached hydrogens (primary N) is 1. The number of hydrogen-bond donors (Lipinski definition) is 2. The molecule has 3 amide bonds. The van der Waals surface area contributed by atoms with Gasteiger partial charge < -0.3 is 10.3 Å². The normalized spacial score (nSPS) is 10.2. The summed E-state index contributed by atoms with van der Waals surface area (Å²) in [5.74, 6) is 0.381. The van der Waals surface area contributed by atoms with E-state index in [0.717, 1.165) is 10.5 Å². The van der Waals surface area contributed by atoms with Crippen LogP contribution in [0.3, 0.4) is 0 Å². The molecule has 2 aromatic rings. The van der Waals surface area contributed by atoms with Gasteiger partial charge in [-0.1, -0.05) is 35.5 Å². The van der Waals surface area contributed by atoms with E-state index in [-0.39, 0.29) is 24.8 Å². The molecule has 0 bridgehead atoms. The van der Waals surface area contributed by atoms with Crippen LogP contribution in [-0.2, 0) is 4.79 Å². The number of hydrogen-bond acceptors (Lipinski definition) is 5. The topological polar surface area (TPSA) is 101 Å². The fourth-order valence-electron chi connectivity index (χ4n) is 1.78. The number of carbonyl (C=O) groups is 2. The van der Waals surface area contributed by atoms with Crippen molar-refractivity contribution in [1.29, 1.82) is 0 Å². The molecule has 0 spiro atoms. The SMILES string of the molecule is CC(=O)N(CCN)C(=O)Nc1cc(-c2ccccc2)on1. The summed E-state index contributed by atoms with van der Waals surface area (Å²) in [6.45, 7) is 1.64. The van der Waals surface area contributed by atoms with Crippen molar-refractivity contribution in [3.05, 3.63) is 36.4 Å². The van der Waals surface area contributed by atoms with Gasteiger partial charge in [-0.2, -0.15) is 0 Å². The summed E-state index contributed by atoms with van der Waals surface area (Å²) in [5.41, 5.74) is 6.21. The Kier molecular flexibility index (Phi) is 4.68. The second kappa shape index (κ2) is 6.67. The molecule has 0 atom stereocenters. The van der Waals surface area contributed by atoms with Gasteiger partial charge in [0.2, 0.25) is 5.91 Å². The van der Waals surface area contributed by atoms with Crippen molar-refractivity contribution in [1.82, 2.24) is 10.1 Å². The number of nitrogens with zero attached hydrogens (tertiary/aromatic N) is 2. The van der Waals surface area contributed by atoms with Crippen LogP contribution in [0.4, 0.5) is 10.6 Å². The van der Waals surface area contributed by atoms with E-state index >= 15 is 0 Å². The molecule has 1 aromatic carbocycles. The second-order valence-corrected chi connectivity index (χ2v) is 4.33. The molecule has 0 radical (unpaired) electrons. The number of urea groups is 1. The van der Waals surface area contributed by atoms with Crippen molar-refractivity contribution in [3.8, 4) is 11.3 Å². The monoisotopic (exact) mass is 288 g/mol. The van der Waals surface area contributed by atoms with Gasteiger partial charge in [-0.3, -0.25) is 15.0 Å². The lowest BCUT2D eigenvalue weighted by Gasteiger charge is -2.17. The first-order valence-corrected chi connectivity index (χ1v) is 6.43. The van der Waals surface area contributed by atoms with E-state index in [2.05, 4.69) is 10.5 Å². The van der Waals surface area contributed by atoms with Crippen molar-refractivity contribution in [2.24, 2.45) is 5.73 Å². The number of aromatic nitrogens is 1. The quantitative estimate of drug-likeness (QED) is 0.891. The first-order valence-electron chi connectivity index (χ1n) is 6.43. The molecule has 1 heterocycles. The summed E-state index contributed by atoms with van der Waals surface area (Å²) in [7, 11) is 0. The molecule has 2 rings (SSSR count). The number of anilines is 1. The Balaban J connectivity index is 2.08. The first-order chi connectivity index (χ1) is 10.1. The zero-order valence-electron chi connectivity index (χ0n) is 11.6. The van der Waals surface area contributed by atoms with E-state index in [0.29, 0.717) is 5.76 Å². The van der Waals surface area contributed by atoms with E-state index in [1.807, 2.05) is 30.3 Å². The Bertz CT molecular complexity index is 624. The van der Waals surface area contributed by atoms with Crippen LogP contribution in [0.25, 0.3) is 11.3 Å². The predicted octanol–water partition coefficient (Wildman–Crippen LogP) is 1.68. The lowest BCUT2D eigenvalue weighted by atomic mass is 10.2. The summed E-state index contributed by atoms with van der Waals surface area (Å²) >= 11 is 0. The van der Waals surface area contributed by atoms with Crippen molar-refractivity contribution in [2.75, 3.05) is 18.4 Å². The van der Waals surface area contributed by atoms with Gasteiger partial charge in [0.05, 0.1) is 0 Å². The van der Waals surface area contributed by atoms with Gasteiger partial charge in [0.25, 0.3) is 0 Å². The number of carbonyl (C=O) groups excluding carboxylic acids is 2. The minimum Gasteiger partial charge on any atom is -0.354 e. The zero-order valence-corrected chi connectivity index (χ0v) is 11.6. The fraction of sp³-hybridized carbons (Fsp3) is 0.214. The lowest BCUT2D eigenvalue weighted by molar-refractivity contribution is -0.125. The molecule has 7 heteroatoms. The molecule has 7 nitrogen and oxygen atoms in total.